The molecule has 12 heavy (non-hydrogen) atoms. The minimum absolute atomic E-state index is 0.0220. The molecular formula is C8H17FN2O. The lowest BCUT2D eigenvalue weighted by atomic mass is 10.1. The molecule has 1 atom stereocenters. The van der Waals surface area contributed by atoms with E-state index in [4.69, 9.17) is 5.11 Å². The van der Waals surface area contributed by atoms with Gasteiger partial charge in [0, 0.05) is 25.7 Å². The van der Waals surface area contributed by atoms with Gasteiger partial charge in [0.2, 0.25) is 0 Å². The van der Waals surface area contributed by atoms with Crippen LogP contribution < -0.4 is 5.32 Å². The molecule has 1 aliphatic heterocycles. The molecular weight excluding hydrogens is 159 g/mol. The lowest BCUT2D eigenvalue weighted by Crippen LogP contribution is -2.57. The number of nitrogens with zero attached hydrogens (tertiary/aromatic N) is 1. The van der Waals surface area contributed by atoms with Crippen LogP contribution in [0.15, 0.2) is 0 Å². The van der Waals surface area contributed by atoms with Gasteiger partial charge in [0.05, 0.1) is 6.61 Å². The standard InChI is InChI=1S/C8H17FN2O/c1-8(2,9)11-4-3-10-7(5-11)6-12/h7,10,12H,3-6H2,1-2H3. The molecule has 1 rings (SSSR count). The van der Waals surface area contributed by atoms with Crippen molar-refractivity contribution >= 4 is 0 Å². The van der Waals surface area contributed by atoms with Crippen LogP contribution in [-0.2, 0) is 0 Å². The van der Waals surface area contributed by atoms with Gasteiger partial charge in [-0.15, -0.1) is 0 Å². The van der Waals surface area contributed by atoms with Crippen molar-refractivity contribution in [1.82, 2.24) is 10.2 Å². The zero-order valence-corrected chi connectivity index (χ0v) is 7.68. The predicted octanol–water partition coefficient (Wildman–Crippen LogP) is -0.0419. The van der Waals surface area contributed by atoms with Gasteiger partial charge in [0.25, 0.3) is 0 Å². The van der Waals surface area contributed by atoms with E-state index < -0.39 is 5.79 Å². The number of halogens is 1. The van der Waals surface area contributed by atoms with Gasteiger partial charge in [-0.05, 0) is 13.8 Å². The summed E-state index contributed by atoms with van der Waals surface area (Å²) in [6.07, 6.45) is 0. The fraction of sp³-hybridized carbons (Fsp3) is 1.00. The highest BCUT2D eigenvalue weighted by Crippen LogP contribution is 2.17. The smallest absolute Gasteiger partial charge is 0.158 e. The largest absolute Gasteiger partial charge is 0.395 e. The number of rotatable bonds is 2. The van der Waals surface area contributed by atoms with E-state index in [0.717, 1.165) is 6.54 Å². The summed E-state index contributed by atoms with van der Waals surface area (Å²) in [4.78, 5) is 1.74. The predicted molar refractivity (Wildman–Crippen MR) is 45.6 cm³/mol. The highest BCUT2D eigenvalue weighted by Gasteiger charge is 2.30. The molecule has 2 N–H and O–H groups in total. The lowest BCUT2D eigenvalue weighted by Gasteiger charge is -2.38. The van der Waals surface area contributed by atoms with Crippen LogP contribution >= 0.6 is 0 Å². The van der Waals surface area contributed by atoms with Crippen molar-refractivity contribution < 1.29 is 9.50 Å². The van der Waals surface area contributed by atoms with Crippen LogP contribution in [0.4, 0.5) is 4.39 Å². The molecule has 0 aromatic rings. The molecule has 1 aliphatic rings. The normalized spacial score (nSPS) is 27.5. The Hall–Kier alpha value is -0.190. The third-order valence-corrected chi connectivity index (χ3v) is 2.23. The first-order valence-corrected chi connectivity index (χ1v) is 4.32. The summed E-state index contributed by atoms with van der Waals surface area (Å²) in [6, 6.07) is 0.0220. The van der Waals surface area contributed by atoms with Gasteiger partial charge in [0.1, 0.15) is 0 Å². The van der Waals surface area contributed by atoms with Gasteiger partial charge in [-0.2, -0.15) is 0 Å². The number of alkyl halides is 1. The summed E-state index contributed by atoms with van der Waals surface area (Å²) < 4.78 is 13.4. The molecule has 3 nitrogen and oxygen atoms in total. The minimum atomic E-state index is -1.27. The molecule has 72 valence electrons. The Balaban J connectivity index is 2.46. The molecule has 4 heteroatoms. The number of nitrogens with one attached hydrogen (secondary N) is 1. The van der Waals surface area contributed by atoms with Crippen LogP contribution in [0.25, 0.3) is 0 Å². The van der Waals surface area contributed by atoms with Gasteiger partial charge in [-0.1, -0.05) is 0 Å². The Labute approximate surface area is 72.6 Å². The molecule has 1 heterocycles. The van der Waals surface area contributed by atoms with E-state index in [1.807, 2.05) is 0 Å². The van der Waals surface area contributed by atoms with Gasteiger partial charge < -0.3 is 10.4 Å². The van der Waals surface area contributed by atoms with E-state index >= 15 is 0 Å². The number of aliphatic hydroxyl groups excluding tert-OH is 1. The van der Waals surface area contributed by atoms with Crippen molar-refractivity contribution in [3.8, 4) is 0 Å². The monoisotopic (exact) mass is 176 g/mol. The number of hydrogen-bond donors (Lipinski definition) is 2. The first-order chi connectivity index (χ1) is 5.54. The summed E-state index contributed by atoms with van der Waals surface area (Å²) >= 11 is 0. The second-order valence-electron chi connectivity index (χ2n) is 3.69. The molecule has 0 aromatic heterocycles. The van der Waals surface area contributed by atoms with Gasteiger partial charge in [0.15, 0.2) is 5.79 Å². The van der Waals surface area contributed by atoms with Crippen LogP contribution in [0.2, 0.25) is 0 Å². The molecule has 0 aliphatic carbocycles. The van der Waals surface area contributed by atoms with E-state index in [1.54, 1.807) is 18.7 Å². The van der Waals surface area contributed by atoms with Gasteiger partial charge >= 0.3 is 0 Å². The zero-order chi connectivity index (χ0) is 9.19. The highest BCUT2D eigenvalue weighted by atomic mass is 19.1. The molecule has 0 aromatic carbocycles. The summed E-state index contributed by atoms with van der Waals surface area (Å²) in [6.45, 7) is 5.21. The fourth-order valence-electron chi connectivity index (χ4n) is 1.43. The maximum atomic E-state index is 13.4. The quantitative estimate of drug-likeness (QED) is 0.579. The maximum Gasteiger partial charge on any atom is 0.158 e. The summed E-state index contributed by atoms with van der Waals surface area (Å²) in [5.41, 5.74) is 0. The van der Waals surface area contributed by atoms with Crippen LogP contribution in [0.1, 0.15) is 13.8 Å². The Morgan fingerprint density at radius 1 is 1.67 bits per heavy atom. The van der Waals surface area contributed by atoms with Crippen LogP contribution in [0.3, 0.4) is 0 Å². The van der Waals surface area contributed by atoms with E-state index in [0.29, 0.717) is 13.1 Å². The molecule has 1 saturated heterocycles. The SMILES string of the molecule is CC(C)(F)N1CCNC(CO)C1. The van der Waals surface area contributed by atoms with Crippen molar-refractivity contribution in [3.05, 3.63) is 0 Å². The third kappa shape index (κ3) is 2.40. The highest BCUT2D eigenvalue weighted by molar-refractivity contribution is 4.82. The average molecular weight is 176 g/mol. The number of piperazine rings is 1. The summed E-state index contributed by atoms with van der Waals surface area (Å²) in [5.74, 6) is -1.27. The molecule has 0 spiro atoms. The van der Waals surface area contributed by atoms with E-state index in [2.05, 4.69) is 5.32 Å². The van der Waals surface area contributed by atoms with Crippen molar-refractivity contribution in [2.24, 2.45) is 0 Å². The van der Waals surface area contributed by atoms with E-state index in [-0.39, 0.29) is 12.6 Å². The lowest BCUT2D eigenvalue weighted by molar-refractivity contribution is -0.0258. The molecule has 0 bridgehead atoms. The summed E-state index contributed by atoms with van der Waals surface area (Å²) in [5, 5.41) is 12.0. The molecule has 0 radical (unpaired) electrons. The maximum absolute atomic E-state index is 13.4. The van der Waals surface area contributed by atoms with Crippen LogP contribution in [0, 0.1) is 0 Å². The zero-order valence-electron chi connectivity index (χ0n) is 7.68. The average Bonchev–Trinajstić information content (AvgIpc) is 2.03. The van der Waals surface area contributed by atoms with Crippen molar-refractivity contribution in [2.45, 2.75) is 25.7 Å². The van der Waals surface area contributed by atoms with Crippen LogP contribution in [-0.4, -0.2) is 48.1 Å². The van der Waals surface area contributed by atoms with E-state index in [1.165, 1.54) is 0 Å². The second-order valence-corrected chi connectivity index (χ2v) is 3.69. The number of hydrogen-bond acceptors (Lipinski definition) is 3. The van der Waals surface area contributed by atoms with Gasteiger partial charge in [-0.25, -0.2) is 4.39 Å². The van der Waals surface area contributed by atoms with Crippen molar-refractivity contribution in [1.29, 1.82) is 0 Å². The number of aliphatic hydroxyl groups is 1. The van der Waals surface area contributed by atoms with Crippen molar-refractivity contribution in [2.75, 3.05) is 26.2 Å². The van der Waals surface area contributed by atoms with Crippen LogP contribution in [0.5, 0.6) is 0 Å². The van der Waals surface area contributed by atoms with Crippen molar-refractivity contribution in [3.63, 3.8) is 0 Å². The first-order valence-electron chi connectivity index (χ1n) is 4.32. The second kappa shape index (κ2) is 3.68. The molecule has 0 amide bonds. The molecule has 1 fully saturated rings. The first kappa shape index (κ1) is 9.89. The Morgan fingerprint density at radius 3 is 2.83 bits per heavy atom. The fourth-order valence-corrected chi connectivity index (χ4v) is 1.43. The summed E-state index contributed by atoms with van der Waals surface area (Å²) in [7, 11) is 0. The molecule has 0 saturated carbocycles. The van der Waals surface area contributed by atoms with E-state index in [9.17, 15) is 4.39 Å². The Bertz CT molecular complexity index is 146. The molecule has 1 unspecified atom stereocenters. The third-order valence-electron chi connectivity index (χ3n) is 2.23. The Morgan fingerprint density at radius 2 is 2.33 bits per heavy atom. The minimum Gasteiger partial charge on any atom is -0.395 e. The topological polar surface area (TPSA) is 35.5 Å². The van der Waals surface area contributed by atoms with Gasteiger partial charge in [-0.3, -0.25) is 4.90 Å². The Kier molecular flexibility index (Phi) is 3.04.